The van der Waals surface area contributed by atoms with Gasteiger partial charge in [-0.15, -0.1) is 0 Å². The maximum Gasteiger partial charge on any atom is 0.330 e. The molecule has 0 atom stereocenters. The van der Waals surface area contributed by atoms with Gasteiger partial charge in [-0.25, -0.2) is 4.79 Å². The van der Waals surface area contributed by atoms with E-state index in [1.807, 2.05) is 9.80 Å². The first-order valence-corrected chi connectivity index (χ1v) is 9.22. The SMILES string of the molecule is Cc1c(N2CCN(C(=O)C3CCCCC3)CC2)c(=O)n(C)c(=O)n1C. The molecule has 3 rings (SSSR count). The smallest absolute Gasteiger partial charge is 0.330 e. The van der Waals surface area contributed by atoms with Crippen LogP contribution >= 0.6 is 0 Å². The molecular formula is C18H28N4O3. The van der Waals surface area contributed by atoms with Crippen LogP contribution in [0.15, 0.2) is 9.59 Å². The Hall–Kier alpha value is -2.05. The van der Waals surface area contributed by atoms with Gasteiger partial charge in [0, 0.05) is 51.9 Å². The fourth-order valence-electron chi connectivity index (χ4n) is 4.05. The Morgan fingerprint density at radius 2 is 1.52 bits per heavy atom. The number of carbonyl (C=O) groups excluding carboxylic acids is 1. The molecule has 0 N–H and O–H groups in total. The lowest BCUT2D eigenvalue weighted by Crippen LogP contribution is -2.53. The van der Waals surface area contributed by atoms with Crippen LogP contribution in [0.3, 0.4) is 0 Å². The first-order chi connectivity index (χ1) is 11.9. The molecule has 1 aliphatic heterocycles. The Balaban J connectivity index is 1.74. The standard InChI is InChI=1S/C18H28N4O3/c1-13-15(17(24)20(3)18(25)19(13)2)21-9-11-22(12-10-21)16(23)14-7-5-4-6-8-14/h14H,4-12H2,1-3H3. The Kier molecular flexibility index (Phi) is 5.01. The third kappa shape index (κ3) is 3.24. The third-order valence-electron chi connectivity index (χ3n) is 5.79. The largest absolute Gasteiger partial charge is 0.362 e. The van der Waals surface area contributed by atoms with Crippen LogP contribution in [-0.2, 0) is 18.9 Å². The molecule has 1 aromatic rings. The van der Waals surface area contributed by atoms with E-state index in [0.717, 1.165) is 30.3 Å². The molecule has 0 aromatic carbocycles. The summed E-state index contributed by atoms with van der Waals surface area (Å²) in [5.74, 6) is 0.469. The van der Waals surface area contributed by atoms with Crippen molar-refractivity contribution in [2.45, 2.75) is 39.0 Å². The second kappa shape index (κ2) is 7.06. The molecule has 1 amide bonds. The highest BCUT2D eigenvalue weighted by molar-refractivity contribution is 5.79. The number of hydrogen-bond acceptors (Lipinski definition) is 4. The summed E-state index contributed by atoms with van der Waals surface area (Å²) in [6, 6.07) is 0. The number of carbonyl (C=O) groups is 1. The molecule has 1 aliphatic carbocycles. The third-order valence-corrected chi connectivity index (χ3v) is 5.79. The molecule has 0 spiro atoms. The van der Waals surface area contributed by atoms with E-state index in [1.165, 1.54) is 18.0 Å². The van der Waals surface area contributed by atoms with Gasteiger partial charge in [0.2, 0.25) is 5.91 Å². The van der Waals surface area contributed by atoms with Crippen molar-refractivity contribution in [3.8, 4) is 0 Å². The van der Waals surface area contributed by atoms with Crippen molar-refractivity contribution >= 4 is 11.6 Å². The predicted octanol–water partition coefficient (Wildman–Crippen LogP) is 0.621. The number of piperazine rings is 1. The van der Waals surface area contributed by atoms with E-state index in [9.17, 15) is 14.4 Å². The minimum absolute atomic E-state index is 0.187. The highest BCUT2D eigenvalue weighted by Crippen LogP contribution is 2.26. The molecular weight excluding hydrogens is 320 g/mol. The molecule has 1 saturated carbocycles. The van der Waals surface area contributed by atoms with Gasteiger partial charge in [-0.05, 0) is 19.8 Å². The maximum atomic E-state index is 12.7. The van der Waals surface area contributed by atoms with Crippen LogP contribution in [0.25, 0.3) is 0 Å². The molecule has 138 valence electrons. The van der Waals surface area contributed by atoms with E-state index < -0.39 is 0 Å². The summed E-state index contributed by atoms with van der Waals surface area (Å²) in [5.41, 5.74) is 0.694. The predicted molar refractivity (Wildman–Crippen MR) is 97.0 cm³/mol. The Bertz CT molecular complexity index is 766. The lowest BCUT2D eigenvalue weighted by molar-refractivity contribution is -0.136. The molecule has 0 radical (unpaired) electrons. The molecule has 2 fully saturated rings. The normalized spacial score (nSPS) is 19.3. The lowest BCUT2D eigenvalue weighted by atomic mass is 9.88. The van der Waals surface area contributed by atoms with E-state index in [0.29, 0.717) is 37.6 Å². The van der Waals surface area contributed by atoms with Crippen LogP contribution < -0.4 is 16.1 Å². The molecule has 7 heteroatoms. The lowest BCUT2D eigenvalue weighted by Gasteiger charge is -2.38. The van der Waals surface area contributed by atoms with E-state index in [4.69, 9.17) is 0 Å². The number of aromatic nitrogens is 2. The highest BCUT2D eigenvalue weighted by Gasteiger charge is 2.30. The number of rotatable bonds is 2. The van der Waals surface area contributed by atoms with Gasteiger partial charge in [-0.3, -0.25) is 18.7 Å². The van der Waals surface area contributed by atoms with Gasteiger partial charge in [0.25, 0.3) is 5.56 Å². The van der Waals surface area contributed by atoms with Crippen molar-refractivity contribution in [1.29, 1.82) is 0 Å². The number of nitrogens with zero attached hydrogens (tertiary/aromatic N) is 4. The highest BCUT2D eigenvalue weighted by atomic mass is 16.2. The van der Waals surface area contributed by atoms with Crippen LogP contribution in [0, 0.1) is 12.8 Å². The molecule has 0 unspecified atom stereocenters. The van der Waals surface area contributed by atoms with Gasteiger partial charge in [0.1, 0.15) is 5.69 Å². The van der Waals surface area contributed by atoms with Gasteiger partial charge < -0.3 is 9.80 Å². The number of anilines is 1. The Morgan fingerprint density at radius 1 is 0.920 bits per heavy atom. The summed E-state index contributed by atoms with van der Waals surface area (Å²) in [6.45, 7) is 4.35. The van der Waals surface area contributed by atoms with Crippen LogP contribution in [0.5, 0.6) is 0 Å². The average molecular weight is 348 g/mol. The summed E-state index contributed by atoms with van der Waals surface area (Å²) < 4.78 is 2.66. The van der Waals surface area contributed by atoms with E-state index >= 15 is 0 Å². The molecule has 1 saturated heterocycles. The quantitative estimate of drug-likeness (QED) is 0.786. The van der Waals surface area contributed by atoms with Gasteiger partial charge in [0.05, 0.1) is 0 Å². The fraction of sp³-hybridized carbons (Fsp3) is 0.722. The Labute approximate surface area is 147 Å². The van der Waals surface area contributed by atoms with E-state index in [2.05, 4.69) is 0 Å². The van der Waals surface area contributed by atoms with Gasteiger partial charge in [-0.2, -0.15) is 0 Å². The maximum absolute atomic E-state index is 12.7. The second-order valence-corrected chi connectivity index (χ2v) is 7.29. The first kappa shape index (κ1) is 17.8. The molecule has 2 aliphatic rings. The monoisotopic (exact) mass is 348 g/mol. The molecule has 1 aromatic heterocycles. The zero-order valence-corrected chi connectivity index (χ0v) is 15.5. The summed E-state index contributed by atoms with van der Waals surface area (Å²) in [5, 5.41) is 0. The van der Waals surface area contributed by atoms with Gasteiger partial charge >= 0.3 is 5.69 Å². The zero-order chi connectivity index (χ0) is 18.1. The first-order valence-electron chi connectivity index (χ1n) is 9.22. The zero-order valence-electron chi connectivity index (χ0n) is 15.5. The van der Waals surface area contributed by atoms with Crippen molar-refractivity contribution in [3.05, 3.63) is 26.5 Å². The van der Waals surface area contributed by atoms with Gasteiger partial charge in [-0.1, -0.05) is 19.3 Å². The van der Waals surface area contributed by atoms with Crippen molar-refractivity contribution in [2.75, 3.05) is 31.1 Å². The van der Waals surface area contributed by atoms with Crippen LogP contribution in [0.1, 0.15) is 37.8 Å². The Morgan fingerprint density at radius 3 is 2.12 bits per heavy atom. The fourth-order valence-corrected chi connectivity index (χ4v) is 4.05. The molecule has 2 heterocycles. The number of amides is 1. The molecule has 0 bridgehead atoms. The topological polar surface area (TPSA) is 67.6 Å². The van der Waals surface area contributed by atoms with Crippen molar-refractivity contribution < 1.29 is 4.79 Å². The average Bonchev–Trinajstić information content (AvgIpc) is 2.65. The van der Waals surface area contributed by atoms with E-state index in [-0.39, 0.29) is 23.1 Å². The molecule has 25 heavy (non-hydrogen) atoms. The van der Waals surface area contributed by atoms with Crippen molar-refractivity contribution in [1.82, 2.24) is 14.0 Å². The van der Waals surface area contributed by atoms with Crippen molar-refractivity contribution in [3.63, 3.8) is 0 Å². The minimum atomic E-state index is -0.308. The van der Waals surface area contributed by atoms with Crippen LogP contribution in [0.4, 0.5) is 5.69 Å². The number of hydrogen-bond donors (Lipinski definition) is 0. The van der Waals surface area contributed by atoms with Gasteiger partial charge in [0.15, 0.2) is 0 Å². The second-order valence-electron chi connectivity index (χ2n) is 7.29. The summed E-state index contributed by atoms with van der Waals surface area (Å²) >= 11 is 0. The summed E-state index contributed by atoms with van der Waals surface area (Å²) in [6.07, 6.45) is 5.58. The van der Waals surface area contributed by atoms with E-state index in [1.54, 1.807) is 14.0 Å². The summed E-state index contributed by atoms with van der Waals surface area (Å²) in [4.78, 5) is 41.2. The van der Waals surface area contributed by atoms with Crippen LogP contribution in [0.2, 0.25) is 0 Å². The van der Waals surface area contributed by atoms with Crippen molar-refractivity contribution in [2.24, 2.45) is 20.0 Å². The minimum Gasteiger partial charge on any atom is -0.362 e. The van der Waals surface area contributed by atoms with Crippen LogP contribution in [-0.4, -0.2) is 46.1 Å². The summed E-state index contributed by atoms with van der Waals surface area (Å²) in [7, 11) is 3.19. The molecule has 7 nitrogen and oxygen atoms in total.